The molecule has 1 saturated heterocycles. The van der Waals surface area contributed by atoms with E-state index in [2.05, 4.69) is 25.1 Å². The molecule has 0 spiro atoms. The molecule has 2 fully saturated rings. The molecule has 168 valence electrons. The molecular weight excluding hydrogens is 429 g/mol. The SMILES string of the molecule is C[C@@H](C(=O)NC1CC1)N1CCN(Cc2nc3scc(-c4ccc(F)cc4)c3c(=O)[nH]2)CC1. The summed E-state index contributed by atoms with van der Waals surface area (Å²) in [6.45, 7) is 5.77. The molecule has 32 heavy (non-hydrogen) atoms. The van der Waals surface area contributed by atoms with Crippen molar-refractivity contribution in [3.63, 3.8) is 0 Å². The molecule has 1 aliphatic carbocycles. The lowest BCUT2D eigenvalue weighted by Crippen LogP contribution is -2.54. The van der Waals surface area contributed by atoms with E-state index in [0.717, 1.165) is 50.1 Å². The van der Waals surface area contributed by atoms with Gasteiger partial charge in [0.15, 0.2) is 0 Å². The van der Waals surface area contributed by atoms with Crippen LogP contribution in [-0.2, 0) is 11.3 Å². The summed E-state index contributed by atoms with van der Waals surface area (Å²) < 4.78 is 13.3. The molecule has 0 bridgehead atoms. The number of aromatic amines is 1. The van der Waals surface area contributed by atoms with E-state index in [4.69, 9.17) is 0 Å². The largest absolute Gasteiger partial charge is 0.352 e. The Morgan fingerprint density at radius 2 is 1.97 bits per heavy atom. The summed E-state index contributed by atoms with van der Waals surface area (Å²) in [5.41, 5.74) is 1.40. The van der Waals surface area contributed by atoms with Gasteiger partial charge in [0.05, 0.1) is 18.0 Å². The number of hydrogen-bond donors (Lipinski definition) is 2. The van der Waals surface area contributed by atoms with Gasteiger partial charge < -0.3 is 10.3 Å². The molecule has 3 aromatic rings. The standard InChI is InChI=1S/C23H26FN5O2S/c1-14(21(30)25-17-6-7-17)29-10-8-28(9-11-29)12-19-26-22(31)20-18(13-32-23(20)27-19)15-2-4-16(24)5-3-15/h2-5,13-14,17H,6-12H2,1H3,(H,25,30)(H,26,27,31)/t14-/m0/s1. The minimum absolute atomic E-state index is 0.118. The maximum absolute atomic E-state index is 13.3. The fourth-order valence-corrected chi connectivity index (χ4v) is 5.11. The predicted molar refractivity (Wildman–Crippen MR) is 123 cm³/mol. The van der Waals surface area contributed by atoms with Crippen LogP contribution in [0.15, 0.2) is 34.4 Å². The van der Waals surface area contributed by atoms with Crippen LogP contribution in [0.2, 0.25) is 0 Å². The van der Waals surface area contributed by atoms with Gasteiger partial charge in [-0.1, -0.05) is 12.1 Å². The average molecular weight is 456 g/mol. The Morgan fingerprint density at radius 3 is 2.66 bits per heavy atom. The van der Waals surface area contributed by atoms with Crippen molar-refractivity contribution >= 4 is 27.5 Å². The normalized spacial score (nSPS) is 18.7. The zero-order valence-corrected chi connectivity index (χ0v) is 18.8. The molecular formula is C23H26FN5O2S. The van der Waals surface area contributed by atoms with Gasteiger partial charge in [-0.15, -0.1) is 11.3 Å². The molecule has 2 aliphatic rings. The Hall–Kier alpha value is -2.62. The van der Waals surface area contributed by atoms with E-state index in [-0.39, 0.29) is 23.3 Å². The molecule has 1 saturated carbocycles. The van der Waals surface area contributed by atoms with Crippen molar-refractivity contribution in [3.05, 3.63) is 51.6 Å². The summed E-state index contributed by atoms with van der Waals surface area (Å²) in [5, 5.41) is 5.53. The Labute approximate surface area is 189 Å². The van der Waals surface area contributed by atoms with E-state index in [9.17, 15) is 14.0 Å². The highest BCUT2D eigenvalue weighted by Gasteiger charge is 2.30. The van der Waals surface area contributed by atoms with Gasteiger partial charge in [-0.05, 0) is 37.5 Å². The fraction of sp³-hybridized carbons (Fsp3) is 0.435. The molecule has 7 nitrogen and oxygen atoms in total. The highest BCUT2D eigenvalue weighted by Crippen LogP contribution is 2.30. The fourth-order valence-electron chi connectivity index (χ4n) is 4.15. The Bertz CT molecular complexity index is 1180. The number of fused-ring (bicyclic) bond motifs is 1. The third-order valence-corrected chi connectivity index (χ3v) is 7.15. The van der Waals surface area contributed by atoms with E-state index < -0.39 is 0 Å². The van der Waals surface area contributed by atoms with Gasteiger partial charge >= 0.3 is 0 Å². The number of H-pyrrole nitrogens is 1. The molecule has 1 aliphatic heterocycles. The number of piperazine rings is 1. The number of aromatic nitrogens is 2. The van der Waals surface area contributed by atoms with Crippen LogP contribution >= 0.6 is 11.3 Å². The zero-order chi connectivity index (χ0) is 22.2. The lowest BCUT2D eigenvalue weighted by Gasteiger charge is -2.37. The minimum Gasteiger partial charge on any atom is -0.352 e. The van der Waals surface area contributed by atoms with E-state index >= 15 is 0 Å². The second-order valence-corrected chi connectivity index (χ2v) is 9.48. The van der Waals surface area contributed by atoms with Crippen LogP contribution in [0.3, 0.4) is 0 Å². The number of rotatable bonds is 6. The van der Waals surface area contributed by atoms with E-state index in [1.54, 1.807) is 12.1 Å². The van der Waals surface area contributed by atoms with Gasteiger partial charge in [0, 0.05) is 43.2 Å². The van der Waals surface area contributed by atoms with Gasteiger partial charge in [-0.2, -0.15) is 0 Å². The molecule has 9 heteroatoms. The van der Waals surface area contributed by atoms with Gasteiger partial charge in [0.25, 0.3) is 5.56 Å². The number of hydrogen-bond acceptors (Lipinski definition) is 6. The maximum atomic E-state index is 13.3. The van der Waals surface area contributed by atoms with Crippen molar-refractivity contribution in [1.82, 2.24) is 25.1 Å². The van der Waals surface area contributed by atoms with Crippen molar-refractivity contribution in [1.29, 1.82) is 0 Å². The summed E-state index contributed by atoms with van der Waals surface area (Å²) in [6.07, 6.45) is 2.19. The third kappa shape index (κ3) is 4.46. The van der Waals surface area contributed by atoms with Gasteiger partial charge in [0.2, 0.25) is 5.91 Å². The highest BCUT2D eigenvalue weighted by atomic mass is 32.1. The Balaban J connectivity index is 1.25. The quantitative estimate of drug-likeness (QED) is 0.597. The summed E-state index contributed by atoms with van der Waals surface area (Å²) in [7, 11) is 0. The first kappa shape index (κ1) is 21.2. The number of halogens is 1. The van der Waals surface area contributed by atoms with Crippen molar-refractivity contribution in [2.75, 3.05) is 26.2 Å². The van der Waals surface area contributed by atoms with Crippen LogP contribution in [0.4, 0.5) is 4.39 Å². The molecule has 2 N–H and O–H groups in total. The van der Waals surface area contributed by atoms with E-state index in [0.29, 0.717) is 28.6 Å². The van der Waals surface area contributed by atoms with Gasteiger partial charge in [-0.3, -0.25) is 19.4 Å². The number of carbonyl (C=O) groups excluding carboxylic acids is 1. The average Bonchev–Trinajstić information content (AvgIpc) is 3.50. The lowest BCUT2D eigenvalue weighted by molar-refractivity contribution is -0.126. The van der Waals surface area contributed by atoms with Crippen LogP contribution in [-0.4, -0.2) is 63.9 Å². The molecule has 0 unspecified atom stereocenters. The Kier molecular flexibility index (Phi) is 5.79. The summed E-state index contributed by atoms with van der Waals surface area (Å²) in [5.74, 6) is 0.454. The number of benzene rings is 1. The molecule has 5 rings (SSSR count). The minimum atomic E-state index is -0.305. The van der Waals surface area contributed by atoms with E-state index in [1.807, 2.05) is 12.3 Å². The molecule has 1 aromatic carbocycles. The van der Waals surface area contributed by atoms with Crippen LogP contribution in [0.25, 0.3) is 21.3 Å². The maximum Gasteiger partial charge on any atom is 0.260 e. The first-order valence-electron chi connectivity index (χ1n) is 11.0. The van der Waals surface area contributed by atoms with Gasteiger partial charge in [-0.25, -0.2) is 9.37 Å². The summed E-state index contributed by atoms with van der Waals surface area (Å²) >= 11 is 1.42. The van der Waals surface area contributed by atoms with Gasteiger partial charge in [0.1, 0.15) is 16.5 Å². The second-order valence-electron chi connectivity index (χ2n) is 8.62. The number of amides is 1. The number of carbonyl (C=O) groups is 1. The molecule has 1 amide bonds. The van der Waals surface area contributed by atoms with Crippen LogP contribution in [0, 0.1) is 5.82 Å². The number of thiophene rings is 1. The first-order valence-corrected chi connectivity index (χ1v) is 11.9. The van der Waals surface area contributed by atoms with Crippen molar-refractivity contribution in [3.8, 4) is 11.1 Å². The van der Waals surface area contributed by atoms with Crippen molar-refractivity contribution < 1.29 is 9.18 Å². The summed E-state index contributed by atoms with van der Waals surface area (Å²) in [6, 6.07) is 6.40. The van der Waals surface area contributed by atoms with Crippen molar-refractivity contribution in [2.24, 2.45) is 0 Å². The topological polar surface area (TPSA) is 81.3 Å². The third-order valence-electron chi connectivity index (χ3n) is 6.28. The zero-order valence-electron chi connectivity index (χ0n) is 17.9. The predicted octanol–water partition coefficient (Wildman–Crippen LogP) is 2.58. The highest BCUT2D eigenvalue weighted by molar-refractivity contribution is 7.17. The Morgan fingerprint density at radius 1 is 1.25 bits per heavy atom. The number of nitrogens with zero attached hydrogens (tertiary/aromatic N) is 3. The van der Waals surface area contributed by atoms with Crippen LogP contribution < -0.4 is 10.9 Å². The smallest absolute Gasteiger partial charge is 0.260 e. The van der Waals surface area contributed by atoms with Crippen LogP contribution in [0.1, 0.15) is 25.6 Å². The van der Waals surface area contributed by atoms with E-state index in [1.165, 1.54) is 23.5 Å². The first-order chi connectivity index (χ1) is 15.5. The monoisotopic (exact) mass is 455 g/mol. The second kappa shape index (κ2) is 8.73. The molecule has 2 aromatic heterocycles. The lowest BCUT2D eigenvalue weighted by atomic mass is 10.1. The number of nitrogens with one attached hydrogen (secondary N) is 2. The molecule has 1 atom stereocenters. The molecule has 3 heterocycles. The summed E-state index contributed by atoms with van der Waals surface area (Å²) in [4.78, 5) is 37.9. The van der Waals surface area contributed by atoms with Crippen molar-refractivity contribution in [2.45, 2.75) is 38.4 Å². The molecule has 0 radical (unpaired) electrons. The van der Waals surface area contributed by atoms with Crippen LogP contribution in [0.5, 0.6) is 0 Å².